The lowest BCUT2D eigenvalue weighted by Gasteiger charge is -2.15. The van der Waals surface area contributed by atoms with E-state index < -0.39 is 11.5 Å². The van der Waals surface area contributed by atoms with Crippen LogP contribution in [0.15, 0.2) is 42.7 Å². The van der Waals surface area contributed by atoms with Gasteiger partial charge in [0.1, 0.15) is 5.54 Å². The smallest absolute Gasteiger partial charge is 0.272 e. The summed E-state index contributed by atoms with van der Waals surface area (Å²) in [5.74, 6) is -2.82. The highest BCUT2D eigenvalue weighted by Crippen LogP contribution is 2.58. The molecule has 17 heavy (non-hydrogen) atoms. The summed E-state index contributed by atoms with van der Waals surface area (Å²) < 4.78 is 28.2. The first-order chi connectivity index (χ1) is 8.05. The maximum atomic E-state index is 13.3. The molecule has 0 spiro atoms. The Labute approximate surface area is 96.9 Å². The van der Waals surface area contributed by atoms with E-state index in [9.17, 15) is 8.78 Å². The van der Waals surface area contributed by atoms with Crippen molar-refractivity contribution < 1.29 is 8.78 Å². The fraction of sp³-hybridized carbons (Fsp3) is 0.250. The molecule has 1 aromatic heterocycles. The van der Waals surface area contributed by atoms with Gasteiger partial charge in [0.15, 0.2) is 0 Å². The molecule has 1 atom stereocenters. The summed E-state index contributed by atoms with van der Waals surface area (Å²) in [6.07, 6.45) is 3.01. The van der Waals surface area contributed by atoms with Gasteiger partial charge in [-0.15, -0.1) is 0 Å². The summed E-state index contributed by atoms with van der Waals surface area (Å²) in [5, 5.41) is 4.05. The maximum Gasteiger partial charge on any atom is 0.272 e. The Morgan fingerprint density at radius 3 is 2.53 bits per heavy atom. The third-order valence-corrected chi connectivity index (χ3v) is 3.16. The van der Waals surface area contributed by atoms with E-state index in [1.165, 1.54) is 0 Å². The van der Waals surface area contributed by atoms with Crippen LogP contribution in [0.5, 0.6) is 0 Å². The van der Waals surface area contributed by atoms with Crippen LogP contribution < -0.4 is 5.73 Å². The van der Waals surface area contributed by atoms with E-state index in [2.05, 4.69) is 5.10 Å². The monoisotopic (exact) mass is 235 g/mol. The lowest BCUT2D eigenvalue weighted by Crippen LogP contribution is -2.28. The van der Waals surface area contributed by atoms with Gasteiger partial charge in [-0.25, -0.2) is 13.5 Å². The molecule has 1 saturated carbocycles. The normalized spacial score (nSPS) is 25.8. The Morgan fingerprint density at radius 1 is 1.24 bits per heavy atom. The van der Waals surface area contributed by atoms with Crippen LogP contribution in [-0.4, -0.2) is 15.7 Å². The van der Waals surface area contributed by atoms with Gasteiger partial charge in [0.05, 0.1) is 5.69 Å². The van der Waals surface area contributed by atoms with Gasteiger partial charge in [-0.2, -0.15) is 5.10 Å². The topological polar surface area (TPSA) is 43.8 Å². The van der Waals surface area contributed by atoms with Gasteiger partial charge in [-0.05, 0) is 12.1 Å². The van der Waals surface area contributed by atoms with Crippen molar-refractivity contribution in [2.24, 2.45) is 5.73 Å². The number of nitrogens with two attached hydrogens (primary N) is 1. The van der Waals surface area contributed by atoms with Gasteiger partial charge in [0.25, 0.3) is 5.92 Å². The Bertz CT molecular complexity index is 551. The third-order valence-electron chi connectivity index (χ3n) is 3.16. The number of halogens is 2. The number of alkyl halides is 2. The van der Waals surface area contributed by atoms with Crippen molar-refractivity contribution in [3.8, 4) is 5.69 Å². The van der Waals surface area contributed by atoms with Crippen molar-refractivity contribution >= 4 is 0 Å². The molecule has 1 aromatic carbocycles. The predicted molar refractivity (Wildman–Crippen MR) is 59.0 cm³/mol. The Kier molecular flexibility index (Phi) is 1.92. The fourth-order valence-electron chi connectivity index (χ4n) is 2.06. The fourth-order valence-corrected chi connectivity index (χ4v) is 2.06. The summed E-state index contributed by atoms with van der Waals surface area (Å²) >= 11 is 0. The molecule has 0 radical (unpaired) electrons. The SMILES string of the molecule is NC1(c2ccccc2-n2cccn2)CC1(F)F. The molecule has 1 fully saturated rings. The molecule has 0 amide bonds. The second kappa shape index (κ2) is 3.13. The van der Waals surface area contributed by atoms with Crippen LogP contribution in [0, 0.1) is 0 Å². The van der Waals surface area contributed by atoms with Crippen LogP contribution in [0.4, 0.5) is 8.78 Å². The van der Waals surface area contributed by atoms with Crippen molar-refractivity contribution in [2.45, 2.75) is 17.9 Å². The summed E-state index contributed by atoms with van der Waals surface area (Å²) in [4.78, 5) is 0. The Morgan fingerprint density at radius 2 is 1.94 bits per heavy atom. The maximum absolute atomic E-state index is 13.3. The van der Waals surface area contributed by atoms with Crippen molar-refractivity contribution in [2.75, 3.05) is 0 Å². The van der Waals surface area contributed by atoms with E-state index >= 15 is 0 Å². The van der Waals surface area contributed by atoms with Crippen LogP contribution in [0.3, 0.4) is 0 Å². The quantitative estimate of drug-likeness (QED) is 0.865. The minimum absolute atomic E-state index is 0.307. The minimum Gasteiger partial charge on any atom is -0.316 e. The lowest BCUT2D eigenvalue weighted by atomic mass is 10.0. The van der Waals surface area contributed by atoms with E-state index in [-0.39, 0.29) is 6.42 Å². The highest BCUT2D eigenvalue weighted by Gasteiger charge is 2.70. The summed E-state index contributed by atoms with van der Waals surface area (Å²) in [7, 11) is 0. The number of rotatable bonds is 2. The zero-order chi connectivity index (χ0) is 12.1. The molecule has 2 N–H and O–H groups in total. The number of nitrogens with zero attached hydrogens (tertiary/aromatic N) is 2. The van der Waals surface area contributed by atoms with E-state index in [4.69, 9.17) is 5.73 Å². The molecular weight excluding hydrogens is 224 g/mol. The summed E-state index contributed by atoms with van der Waals surface area (Å²) in [5.41, 5.74) is 5.26. The van der Waals surface area contributed by atoms with E-state index in [1.807, 2.05) is 0 Å². The number of hydrogen-bond acceptors (Lipinski definition) is 2. The number of para-hydroxylation sites is 1. The van der Waals surface area contributed by atoms with Crippen LogP contribution >= 0.6 is 0 Å². The molecule has 0 aliphatic heterocycles. The van der Waals surface area contributed by atoms with E-state index in [0.29, 0.717) is 11.3 Å². The van der Waals surface area contributed by atoms with Gasteiger partial charge in [0, 0.05) is 24.4 Å². The van der Waals surface area contributed by atoms with Crippen LogP contribution in [0.2, 0.25) is 0 Å². The Balaban J connectivity index is 2.13. The molecule has 1 aliphatic carbocycles. The standard InChI is InChI=1S/C12H11F2N3/c13-12(14)8-11(12,15)9-4-1-2-5-10(9)17-7-3-6-16-17/h1-7H,8,15H2. The predicted octanol–water partition coefficient (Wildman–Crippen LogP) is 2.07. The zero-order valence-corrected chi connectivity index (χ0v) is 8.98. The second-order valence-electron chi connectivity index (χ2n) is 4.32. The van der Waals surface area contributed by atoms with Gasteiger partial charge in [-0.1, -0.05) is 18.2 Å². The second-order valence-corrected chi connectivity index (χ2v) is 4.32. The average molecular weight is 235 g/mol. The molecule has 2 aromatic rings. The van der Waals surface area contributed by atoms with Crippen LogP contribution in [0.25, 0.3) is 5.69 Å². The largest absolute Gasteiger partial charge is 0.316 e. The van der Waals surface area contributed by atoms with Crippen LogP contribution in [0.1, 0.15) is 12.0 Å². The molecular formula is C12H11F2N3. The van der Waals surface area contributed by atoms with E-state index in [0.717, 1.165) is 0 Å². The molecule has 0 bridgehead atoms. The first-order valence-corrected chi connectivity index (χ1v) is 5.31. The highest BCUT2D eigenvalue weighted by molar-refractivity contribution is 5.50. The van der Waals surface area contributed by atoms with Crippen molar-refractivity contribution in [1.82, 2.24) is 9.78 Å². The molecule has 1 unspecified atom stereocenters. The molecule has 1 aliphatic rings. The molecule has 3 nitrogen and oxygen atoms in total. The number of aromatic nitrogens is 2. The van der Waals surface area contributed by atoms with Gasteiger partial charge in [0.2, 0.25) is 0 Å². The van der Waals surface area contributed by atoms with Gasteiger partial charge in [-0.3, -0.25) is 0 Å². The molecule has 1 heterocycles. The molecule has 0 saturated heterocycles. The third kappa shape index (κ3) is 1.39. The van der Waals surface area contributed by atoms with Crippen molar-refractivity contribution in [3.63, 3.8) is 0 Å². The van der Waals surface area contributed by atoms with E-state index in [1.54, 1.807) is 47.4 Å². The van der Waals surface area contributed by atoms with Crippen molar-refractivity contribution in [3.05, 3.63) is 48.3 Å². The lowest BCUT2D eigenvalue weighted by molar-refractivity contribution is 0.0890. The Hall–Kier alpha value is -1.75. The summed E-state index contributed by atoms with van der Waals surface area (Å²) in [6.45, 7) is 0. The first kappa shape index (κ1) is 10.4. The summed E-state index contributed by atoms with van der Waals surface area (Å²) in [6, 6.07) is 8.62. The number of hydrogen-bond donors (Lipinski definition) is 1. The van der Waals surface area contributed by atoms with Gasteiger partial charge >= 0.3 is 0 Å². The zero-order valence-electron chi connectivity index (χ0n) is 8.98. The molecule has 3 rings (SSSR count). The first-order valence-electron chi connectivity index (χ1n) is 5.31. The minimum atomic E-state index is -2.82. The highest BCUT2D eigenvalue weighted by atomic mass is 19.3. The molecule has 5 heteroatoms. The van der Waals surface area contributed by atoms with Crippen LogP contribution in [-0.2, 0) is 5.54 Å². The molecule has 88 valence electrons. The van der Waals surface area contributed by atoms with Gasteiger partial charge < -0.3 is 5.73 Å². The van der Waals surface area contributed by atoms with Crippen molar-refractivity contribution in [1.29, 1.82) is 0 Å². The number of benzene rings is 1. The average Bonchev–Trinajstić information content (AvgIpc) is 2.74.